The van der Waals surface area contributed by atoms with E-state index in [4.69, 9.17) is 11.6 Å². The van der Waals surface area contributed by atoms with E-state index in [1.165, 1.54) is 6.33 Å². The lowest BCUT2D eigenvalue weighted by Gasteiger charge is -2.45. The summed E-state index contributed by atoms with van der Waals surface area (Å²) in [6, 6.07) is 7.77. The van der Waals surface area contributed by atoms with Crippen molar-refractivity contribution in [2.75, 3.05) is 0 Å². The Morgan fingerprint density at radius 3 is 2.80 bits per heavy atom. The van der Waals surface area contributed by atoms with E-state index in [-0.39, 0.29) is 5.92 Å². The van der Waals surface area contributed by atoms with Crippen LogP contribution in [0.25, 0.3) is 6.08 Å². The highest BCUT2D eigenvalue weighted by atomic mass is 35.5. The second kappa shape index (κ2) is 7.71. The predicted octanol–water partition coefficient (Wildman–Crippen LogP) is 4.59. The molecule has 1 aliphatic carbocycles. The van der Waals surface area contributed by atoms with Crippen molar-refractivity contribution in [1.29, 1.82) is 0 Å². The first-order valence-corrected chi connectivity index (χ1v) is 9.42. The van der Waals surface area contributed by atoms with Gasteiger partial charge >= 0.3 is 0 Å². The summed E-state index contributed by atoms with van der Waals surface area (Å²) in [5.74, 6) is 0.663. The SMILES string of the molecule is CCC(C)C1CCC/C(=C/c2ccc(Cl)cc2)C1(O)Cn1cncn1. The van der Waals surface area contributed by atoms with Gasteiger partial charge in [-0.05, 0) is 54.4 Å². The lowest BCUT2D eigenvalue weighted by Crippen LogP contribution is -2.49. The van der Waals surface area contributed by atoms with Crippen LogP contribution in [0.3, 0.4) is 0 Å². The monoisotopic (exact) mass is 359 g/mol. The van der Waals surface area contributed by atoms with Crippen LogP contribution in [0.2, 0.25) is 5.02 Å². The van der Waals surface area contributed by atoms with Crippen molar-refractivity contribution in [3.63, 3.8) is 0 Å². The van der Waals surface area contributed by atoms with E-state index < -0.39 is 5.60 Å². The highest BCUT2D eigenvalue weighted by Crippen LogP contribution is 2.44. The van der Waals surface area contributed by atoms with E-state index >= 15 is 0 Å². The first kappa shape index (κ1) is 18.2. The third-order valence-electron chi connectivity index (χ3n) is 5.54. The van der Waals surface area contributed by atoms with Gasteiger partial charge in [-0.15, -0.1) is 0 Å². The smallest absolute Gasteiger partial charge is 0.137 e. The molecule has 3 rings (SSSR count). The molecule has 1 aromatic heterocycles. The molecule has 1 heterocycles. The summed E-state index contributed by atoms with van der Waals surface area (Å²) in [4.78, 5) is 4.03. The van der Waals surface area contributed by atoms with E-state index in [9.17, 15) is 5.11 Å². The second-order valence-electron chi connectivity index (χ2n) is 7.12. The maximum absolute atomic E-state index is 11.8. The fourth-order valence-corrected chi connectivity index (χ4v) is 4.11. The third kappa shape index (κ3) is 3.96. The van der Waals surface area contributed by atoms with Gasteiger partial charge in [0.1, 0.15) is 18.3 Å². The summed E-state index contributed by atoms with van der Waals surface area (Å²) in [6.45, 7) is 4.88. The summed E-state index contributed by atoms with van der Waals surface area (Å²) in [6.07, 6.45) is 9.43. The van der Waals surface area contributed by atoms with E-state index in [0.29, 0.717) is 12.5 Å². The number of hydrogen-bond donors (Lipinski definition) is 1. The van der Waals surface area contributed by atoms with Crippen LogP contribution in [0.4, 0.5) is 0 Å². The van der Waals surface area contributed by atoms with Gasteiger partial charge in [-0.25, -0.2) is 9.67 Å². The Labute approximate surface area is 154 Å². The van der Waals surface area contributed by atoms with Gasteiger partial charge < -0.3 is 5.11 Å². The first-order chi connectivity index (χ1) is 12.0. The molecule has 3 atom stereocenters. The average molecular weight is 360 g/mol. The summed E-state index contributed by atoms with van der Waals surface area (Å²) in [5.41, 5.74) is 1.25. The molecule has 3 unspecified atom stereocenters. The van der Waals surface area contributed by atoms with Crippen molar-refractivity contribution < 1.29 is 5.11 Å². The zero-order valence-corrected chi connectivity index (χ0v) is 15.7. The summed E-state index contributed by atoms with van der Waals surface area (Å²) in [7, 11) is 0. The fourth-order valence-electron chi connectivity index (χ4n) is 3.98. The van der Waals surface area contributed by atoms with Crippen molar-refractivity contribution in [2.24, 2.45) is 11.8 Å². The number of hydrogen-bond acceptors (Lipinski definition) is 3. The molecule has 0 saturated heterocycles. The normalized spacial score (nSPS) is 26.7. The van der Waals surface area contributed by atoms with Crippen LogP contribution >= 0.6 is 11.6 Å². The van der Waals surface area contributed by atoms with E-state index in [2.05, 4.69) is 30.0 Å². The van der Waals surface area contributed by atoms with Gasteiger partial charge in [-0.2, -0.15) is 5.10 Å². The molecule has 1 aromatic carbocycles. The minimum Gasteiger partial charge on any atom is -0.383 e. The molecule has 1 aliphatic rings. The quantitative estimate of drug-likeness (QED) is 0.849. The van der Waals surface area contributed by atoms with Crippen LogP contribution in [0.5, 0.6) is 0 Å². The zero-order chi connectivity index (χ0) is 17.9. The molecule has 5 heteroatoms. The molecule has 0 aliphatic heterocycles. The minimum atomic E-state index is -0.902. The van der Waals surface area contributed by atoms with Gasteiger partial charge in [-0.1, -0.05) is 50.1 Å². The van der Waals surface area contributed by atoms with Crippen molar-refractivity contribution in [1.82, 2.24) is 14.8 Å². The number of rotatable bonds is 5. The second-order valence-corrected chi connectivity index (χ2v) is 7.56. The molecule has 1 saturated carbocycles. The summed E-state index contributed by atoms with van der Waals surface area (Å²) in [5, 5.41) is 16.7. The van der Waals surface area contributed by atoms with E-state index in [1.807, 2.05) is 24.3 Å². The zero-order valence-electron chi connectivity index (χ0n) is 14.9. The van der Waals surface area contributed by atoms with Crippen molar-refractivity contribution >= 4 is 17.7 Å². The van der Waals surface area contributed by atoms with E-state index in [1.54, 1.807) is 11.0 Å². The van der Waals surface area contributed by atoms with Crippen molar-refractivity contribution in [3.8, 4) is 0 Å². The Hall–Kier alpha value is -1.65. The Kier molecular flexibility index (Phi) is 5.60. The molecule has 4 nitrogen and oxygen atoms in total. The van der Waals surface area contributed by atoms with Crippen LogP contribution in [0.15, 0.2) is 42.5 Å². The van der Waals surface area contributed by atoms with Gasteiger partial charge in [0.25, 0.3) is 0 Å². The van der Waals surface area contributed by atoms with Crippen molar-refractivity contribution in [2.45, 2.75) is 51.7 Å². The third-order valence-corrected chi connectivity index (χ3v) is 5.79. The molecule has 0 amide bonds. The summed E-state index contributed by atoms with van der Waals surface area (Å²) >= 11 is 6.00. The van der Waals surface area contributed by atoms with Crippen LogP contribution in [0.1, 0.15) is 45.1 Å². The Bertz CT molecular complexity index is 711. The molecule has 1 fully saturated rings. The van der Waals surface area contributed by atoms with Gasteiger partial charge in [0.15, 0.2) is 0 Å². The number of aliphatic hydroxyl groups is 1. The lowest BCUT2D eigenvalue weighted by molar-refractivity contribution is -0.0424. The lowest BCUT2D eigenvalue weighted by atomic mass is 9.66. The van der Waals surface area contributed by atoms with Crippen LogP contribution in [0, 0.1) is 11.8 Å². The van der Waals surface area contributed by atoms with Crippen molar-refractivity contribution in [3.05, 3.63) is 53.1 Å². The molecule has 2 aromatic rings. The molecule has 134 valence electrons. The summed E-state index contributed by atoms with van der Waals surface area (Å²) < 4.78 is 1.75. The van der Waals surface area contributed by atoms with Gasteiger partial charge in [0.05, 0.1) is 6.54 Å². The maximum Gasteiger partial charge on any atom is 0.137 e. The average Bonchev–Trinajstić information content (AvgIpc) is 3.10. The molecular weight excluding hydrogens is 334 g/mol. The predicted molar refractivity (Wildman–Crippen MR) is 101 cm³/mol. The number of aromatic nitrogens is 3. The molecule has 0 radical (unpaired) electrons. The molecular formula is C20H26ClN3O. The Morgan fingerprint density at radius 1 is 1.40 bits per heavy atom. The topological polar surface area (TPSA) is 50.9 Å². The number of halogens is 1. The van der Waals surface area contributed by atoms with Gasteiger partial charge in [0.2, 0.25) is 0 Å². The van der Waals surface area contributed by atoms with Crippen LogP contribution in [-0.4, -0.2) is 25.5 Å². The minimum absolute atomic E-state index is 0.217. The van der Waals surface area contributed by atoms with Gasteiger partial charge in [-0.3, -0.25) is 0 Å². The molecule has 25 heavy (non-hydrogen) atoms. The first-order valence-electron chi connectivity index (χ1n) is 9.04. The molecule has 0 spiro atoms. The standard InChI is InChI=1S/C20H26ClN3O/c1-3-15(2)19-6-4-5-17(11-16-7-9-18(21)10-8-16)20(19,25)12-24-14-22-13-23-24/h7-11,13-15,19,25H,3-6,12H2,1-2H3/b17-11-. The molecule has 0 bridgehead atoms. The fraction of sp³-hybridized carbons (Fsp3) is 0.500. The Morgan fingerprint density at radius 2 is 2.16 bits per heavy atom. The number of nitrogens with zero attached hydrogens (tertiary/aromatic N) is 3. The molecule has 1 N–H and O–H groups in total. The van der Waals surface area contributed by atoms with Gasteiger partial charge in [0, 0.05) is 5.02 Å². The van der Waals surface area contributed by atoms with Crippen LogP contribution < -0.4 is 0 Å². The van der Waals surface area contributed by atoms with Crippen LogP contribution in [-0.2, 0) is 6.54 Å². The van der Waals surface area contributed by atoms with E-state index in [0.717, 1.165) is 41.8 Å². The number of benzene rings is 1. The Balaban J connectivity index is 1.99. The highest BCUT2D eigenvalue weighted by Gasteiger charge is 2.45. The highest BCUT2D eigenvalue weighted by molar-refractivity contribution is 6.30. The largest absolute Gasteiger partial charge is 0.383 e. The maximum atomic E-state index is 11.8.